The molecule has 0 aromatic heterocycles. The Morgan fingerprint density at radius 3 is 2.14 bits per heavy atom. The zero-order valence-corrected chi connectivity index (χ0v) is 29.9. The van der Waals surface area contributed by atoms with Crippen LogP contribution in [0.25, 0.3) is 0 Å². The van der Waals surface area contributed by atoms with Crippen molar-refractivity contribution in [3.63, 3.8) is 0 Å². The number of carboxylic acids is 3. The van der Waals surface area contributed by atoms with Crippen molar-refractivity contribution in [1.29, 1.82) is 0 Å². The molecule has 11 heteroatoms. The average Bonchev–Trinajstić information content (AvgIpc) is 3.06. The zero-order valence-electron chi connectivity index (χ0n) is 29.9. The number of carbonyl (C=O) groups excluding carboxylic acids is 2. The first-order valence-electron chi connectivity index (χ1n) is 18.4. The standard InChI is InChI=1S/C39H59NO10/c1-28(2)24-25-50-32-22-20-30(21-23-32)26-34(37(45)46)40-36(44)33(39(49,38(47)48)27-35(42)43)19-11-6-4-3-5-10-17-31(41)18-13-12-16-29-14-8-7-9-15-29/h11,19-23,28-29,33-34,49H,3-10,12-18,24-27H2,1-2H3,(H,40,44)(H,42,43)(H,45,46)(H,47,48)/b19-11+/t33-,34+,39?/m1/s1. The predicted octanol–water partition coefficient (Wildman–Crippen LogP) is 6.74. The molecule has 0 spiro atoms. The number of carboxylic acid groups (broad SMARTS) is 3. The summed E-state index contributed by atoms with van der Waals surface area (Å²) in [5.41, 5.74) is -2.45. The van der Waals surface area contributed by atoms with Crippen molar-refractivity contribution >= 4 is 29.6 Å². The molecule has 0 aliphatic heterocycles. The normalized spacial score (nSPS) is 16.1. The number of Topliss-reactive ketones (excluding diaryl/α,β-unsaturated/α-hetero) is 1. The number of aliphatic hydroxyl groups is 1. The Morgan fingerprint density at radius 2 is 1.54 bits per heavy atom. The molecule has 1 aliphatic carbocycles. The van der Waals surface area contributed by atoms with Crippen LogP contribution in [0.3, 0.4) is 0 Å². The van der Waals surface area contributed by atoms with E-state index in [9.17, 15) is 44.4 Å². The minimum absolute atomic E-state index is 0.142. The third-order valence-corrected chi connectivity index (χ3v) is 9.48. The first-order chi connectivity index (χ1) is 23.8. The van der Waals surface area contributed by atoms with Gasteiger partial charge in [0, 0.05) is 19.3 Å². The number of carbonyl (C=O) groups is 5. The van der Waals surface area contributed by atoms with Crippen molar-refractivity contribution in [2.45, 2.75) is 141 Å². The molecule has 1 aromatic carbocycles. The van der Waals surface area contributed by atoms with E-state index in [0.29, 0.717) is 49.5 Å². The van der Waals surface area contributed by atoms with E-state index in [0.717, 1.165) is 50.5 Å². The molecule has 1 unspecified atom stereocenters. The summed E-state index contributed by atoms with van der Waals surface area (Å²) in [6, 6.07) is 5.23. The molecule has 3 atom stereocenters. The second kappa shape index (κ2) is 22.9. The van der Waals surface area contributed by atoms with Crippen LogP contribution in [0.15, 0.2) is 36.4 Å². The second-order valence-electron chi connectivity index (χ2n) is 14.2. The molecule has 1 saturated carbocycles. The fourth-order valence-electron chi connectivity index (χ4n) is 6.37. The lowest BCUT2D eigenvalue weighted by molar-refractivity contribution is -0.172. The SMILES string of the molecule is CC(C)CCOc1ccc(C[C@H](NC(=O)[C@@H](/C=C/CCCCCCC(=O)CCCCC2CCCCC2)C(O)(CC(=O)O)C(=O)O)C(=O)O)cc1. The fraction of sp³-hybridized carbons (Fsp3) is 0.667. The Kier molecular flexibility index (Phi) is 19.4. The third-order valence-electron chi connectivity index (χ3n) is 9.48. The number of hydrogen-bond donors (Lipinski definition) is 5. The molecule has 1 fully saturated rings. The molecule has 0 radical (unpaired) electrons. The molecule has 5 N–H and O–H groups in total. The number of unbranched alkanes of at least 4 members (excludes halogenated alkanes) is 5. The Morgan fingerprint density at radius 1 is 0.900 bits per heavy atom. The molecule has 0 bridgehead atoms. The predicted molar refractivity (Wildman–Crippen MR) is 190 cm³/mol. The Labute approximate surface area is 296 Å². The van der Waals surface area contributed by atoms with Gasteiger partial charge in [0.1, 0.15) is 17.6 Å². The summed E-state index contributed by atoms with van der Waals surface area (Å²) < 4.78 is 5.69. The van der Waals surface area contributed by atoms with Gasteiger partial charge in [-0.2, -0.15) is 0 Å². The number of benzene rings is 1. The van der Waals surface area contributed by atoms with Gasteiger partial charge in [0.05, 0.1) is 18.9 Å². The number of amides is 1. The fourth-order valence-corrected chi connectivity index (χ4v) is 6.37. The van der Waals surface area contributed by atoms with Crippen molar-refractivity contribution in [3.05, 3.63) is 42.0 Å². The number of rotatable bonds is 26. The maximum atomic E-state index is 13.4. The van der Waals surface area contributed by atoms with E-state index in [1.807, 2.05) is 0 Å². The average molecular weight is 702 g/mol. The summed E-state index contributed by atoms with van der Waals surface area (Å²) in [6.07, 6.45) is 16.7. The first-order valence-corrected chi connectivity index (χ1v) is 18.4. The molecular weight excluding hydrogens is 642 g/mol. The minimum Gasteiger partial charge on any atom is -0.494 e. The Hall–Kier alpha value is -3.73. The largest absolute Gasteiger partial charge is 0.494 e. The molecule has 1 amide bonds. The first kappa shape index (κ1) is 42.4. The van der Waals surface area contributed by atoms with Crippen LogP contribution >= 0.6 is 0 Å². The molecular formula is C39H59NO10. The van der Waals surface area contributed by atoms with E-state index in [1.165, 1.54) is 44.6 Å². The van der Waals surface area contributed by atoms with Gasteiger partial charge in [-0.3, -0.25) is 14.4 Å². The number of allylic oxidation sites excluding steroid dienone is 1. The van der Waals surface area contributed by atoms with Crippen molar-refractivity contribution in [2.24, 2.45) is 17.8 Å². The lowest BCUT2D eigenvalue weighted by atomic mass is 9.82. The van der Waals surface area contributed by atoms with Gasteiger partial charge in [-0.25, -0.2) is 9.59 Å². The van der Waals surface area contributed by atoms with Gasteiger partial charge < -0.3 is 30.5 Å². The van der Waals surface area contributed by atoms with E-state index >= 15 is 0 Å². The lowest BCUT2D eigenvalue weighted by Crippen LogP contribution is -2.55. The Balaban J connectivity index is 1.90. The van der Waals surface area contributed by atoms with Crippen LogP contribution in [-0.2, 0) is 30.4 Å². The minimum atomic E-state index is -3.01. The summed E-state index contributed by atoms with van der Waals surface area (Å²) in [7, 11) is 0. The highest BCUT2D eigenvalue weighted by Gasteiger charge is 2.49. The summed E-state index contributed by atoms with van der Waals surface area (Å²) >= 11 is 0. The summed E-state index contributed by atoms with van der Waals surface area (Å²) in [5.74, 6) is -5.71. The van der Waals surface area contributed by atoms with Gasteiger partial charge in [0.2, 0.25) is 5.91 Å². The molecule has 280 valence electrons. The van der Waals surface area contributed by atoms with Crippen LogP contribution in [0, 0.1) is 17.8 Å². The quantitative estimate of drug-likeness (QED) is 0.0512. The van der Waals surface area contributed by atoms with Crippen LogP contribution in [0.1, 0.15) is 129 Å². The van der Waals surface area contributed by atoms with Gasteiger partial charge in [-0.05, 0) is 61.6 Å². The van der Waals surface area contributed by atoms with E-state index in [2.05, 4.69) is 19.2 Å². The number of ketones is 1. The maximum absolute atomic E-state index is 13.4. The molecule has 1 aliphatic rings. The number of aliphatic carboxylic acids is 3. The van der Waals surface area contributed by atoms with Crippen LogP contribution in [0.5, 0.6) is 5.75 Å². The summed E-state index contributed by atoms with van der Waals surface area (Å²) in [6.45, 7) is 4.70. The summed E-state index contributed by atoms with van der Waals surface area (Å²) in [5, 5.41) is 42.2. The number of hydrogen-bond acceptors (Lipinski definition) is 7. The highest BCUT2D eigenvalue weighted by molar-refractivity contribution is 5.94. The van der Waals surface area contributed by atoms with Crippen LogP contribution in [0.2, 0.25) is 0 Å². The molecule has 0 saturated heterocycles. The van der Waals surface area contributed by atoms with E-state index in [-0.39, 0.29) is 12.2 Å². The smallest absolute Gasteiger partial charge is 0.337 e. The van der Waals surface area contributed by atoms with E-state index in [4.69, 9.17) is 4.74 Å². The van der Waals surface area contributed by atoms with Gasteiger partial charge in [-0.1, -0.05) is 95.9 Å². The maximum Gasteiger partial charge on any atom is 0.337 e. The van der Waals surface area contributed by atoms with Crippen LogP contribution < -0.4 is 10.1 Å². The van der Waals surface area contributed by atoms with E-state index < -0.39 is 47.8 Å². The van der Waals surface area contributed by atoms with Crippen LogP contribution in [0.4, 0.5) is 0 Å². The van der Waals surface area contributed by atoms with Crippen molar-refractivity contribution in [3.8, 4) is 5.75 Å². The van der Waals surface area contributed by atoms with Crippen molar-refractivity contribution in [2.75, 3.05) is 6.61 Å². The highest BCUT2D eigenvalue weighted by atomic mass is 16.5. The lowest BCUT2D eigenvalue weighted by Gasteiger charge is -2.29. The van der Waals surface area contributed by atoms with Gasteiger partial charge in [-0.15, -0.1) is 0 Å². The molecule has 11 nitrogen and oxygen atoms in total. The molecule has 50 heavy (non-hydrogen) atoms. The number of ether oxygens (including phenoxy) is 1. The molecule has 0 heterocycles. The highest BCUT2D eigenvalue weighted by Crippen LogP contribution is 2.28. The molecule has 1 aromatic rings. The van der Waals surface area contributed by atoms with Crippen molar-refractivity contribution < 1.29 is 49.1 Å². The van der Waals surface area contributed by atoms with Crippen LogP contribution in [-0.4, -0.2) is 68.3 Å². The zero-order chi connectivity index (χ0) is 36.9. The second-order valence-corrected chi connectivity index (χ2v) is 14.2. The van der Waals surface area contributed by atoms with Gasteiger partial charge in [0.15, 0.2) is 5.60 Å². The van der Waals surface area contributed by atoms with Crippen molar-refractivity contribution in [1.82, 2.24) is 5.32 Å². The Bertz CT molecular complexity index is 1240. The van der Waals surface area contributed by atoms with E-state index in [1.54, 1.807) is 24.3 Å². The topological polar surface area (TPSA) is 188 Å². The third kappa shape index (κ3) is 16.3. The number of nitrogens with one attached hydrogen (secondary N) is 1. The van der Waals surface area contributed by atoms with Gasteiger partial charge >= 0.3 is 17.9 Å². The summed E-state index contributed by atoms with van der Waals surface area (Å²) in [4.78, 5) is 61.3. The molecule has 2 rings (SSSR count). The van der Waals surface area contributed by atoms with Gasteiger partial charge in [0.25, 0.3) is 0 Å². The monoisotopic (exact) mass is 701 g/mol.